The lowest BCUT2D eigenvalue weighted by Crippen LogP contribution is -2.15. The van der Waals surface area contributed by atoms with E-state index in [2.05, 4.69) is 111 Å². The molecule has 284 valence electrons. The van der Waals surface area contributed by atoms with Gasteiger partial charge in [-0.05, 0) is 57.6 Å². The van der Waals surface area contributed by atoms with Gasteiger partial charge in [-0.15, -0.1) is 0 Å². The fourth-order valence-corrected chi connectivity index (χ4v) is 9.04. The summed E-state index contributed by atoms with van der Waals surface area (Å²) >= 11 is 0. The molecule has 0 fully saturated rings. The first-order valence-corrected chi connectivity index (χ1v) is 20.2. The molecule has 0 unspecified atom stereocenters. The van der Waals surface area contributed by atoms with Gasteiger partial charge in [0.15, 0.2) is 40.5 Å². The molecule has 0 spiro atoms. The van der Waals surface area contributed by atoms with Crippen LogP contribution in [-0.2, 0) is 5.41 Å². The van der Waals surface area contributed by atoms with E-state index in [1.165, 1.54) is 16.7 Å². The Morgan fingerprint density at radius 2 is 1.02 bits per heavy atom. The number of benzene rings is 8. The lowest BCUT2D eigenvalue weighted by atomic mass is 9.82. The Morgan fingerprint density at radius 3 is 1.85 bits per heavy atom. The number of furan rings is 1. The molecule has 0 saturated carbocycles. The van der Waals surface area contributed by atoms with E-state index in [4.69, 9.17) is 28.8 Å². The maximum atomic E-state index is 6.71. The summed E-state index contributed by atoms with van der Waals surface area (Å²) in [5.41, 5.74) is 13.1. The van der Waals surface area contributed by atoms with Crippen molar-refractivity contribution in [3.05, 3.63) is 187 Å². The summed E-state index contributed by atoms with van der Waals surface area (Å²) in [4.78, 5) is 15.3. The zero-order valence-corrected chi connectivity index (χ0v) is 32.8. The van der Waals surface area contributed by atoms with Crippen LogP contribution in [-0.4, -0.2) is 15.0 Å². The Kier molecular flexibility index (Phi) is 7.47. The second kappa shape index (κ2) is 13.1. The molecule has 3 heterocycles. The van der Waals surface area contributed by atoms with E-state index in [0.29, 0.717) is 34.7 Å². The van der Waals surface area contributed by atoms with Gasteiger partial charge in [0.2, 0.25) is 0 Å². The molecule has 1 aliphatic carbocycles. The molecule has 0 atom stereocenters. The summed E-state index contributed by atoms with van der Waals surface area (Å²) in [6, 6.07) is 60.0. The van der Waals surface area contributed by atoms with E-state index in [1.54, 1.807) is 0 Å². The molecule has 60 heavy (non-hydrogen) atoms. The van der Waals surface area contributed by atoms with Gasteiger partial charge in [0.25, 0.3) is 0 Å². The van der Waals surface area contributed by atoms with Gasteiger partial charge in [0.1, 0.15) is 11.2 Å². The summed E-state index contributed by atoms with van der Waals surface area (Å²) in [7, 11) is 0. The lowest BCUT2D eigenvalue weighted by molar-refractivity contribution is 0.360. The minimum absolute atomic E-state index is 0.137. The van der Waals surface area contributed by atoms with E-state index < -0.39 is 0 Å². The molecule has 10 aromatic rings. The normalized spacial score (nSPS) is 13.2. The Labute approximate surface area is 346 Å². The van der Waals surface area contributed by atoms with Crippen LogP contribution in [0.3, 0.4) is 0 Å². The van der Waals surface area contributed by atoms with E-state index in [9.17, 15) is 0 Å². The van der Waals surface area contributed by atoms with Crippen molar-refractivity contribution >= 4 is 21.9 Å². The van der Waals surface area contributed by atoms with Gasteiger partial charge in [0.05, 0.1) is 0 Å². The zero-order chi connectivity index (χ0) is 40.0. The minimum atomic E-state index is -0.137. The van der Waals surface area contributed by atoms with Crippen LogP contribution in [0.15, 0.2) is 180 Å². The maximum Gasteiger partial charge on any atom is 0.178 e. The van der Waals surface area contributed by atoms with E-state index in [0.717, 1.165) is 72.2 Å². The highest BCUT2D eigenvalue weighted by Gasteiger charge is 2.39. The summed E-state index contributed by atoms with van der Waals surface area (Å²) in [6.07, 6.45) is 0. The molecular formula is C54H35N3O3. The van der Waals surface area contributed by atoms with Crippen LogP contribution in [0.25, 0.3) is 89.5 Å². The Morgan fingerprint density at radius 1 is 0.400 bits per heavy atom. The van der Waals surface area contributed by atoms with Crippen LogP contribution in [0.4, 0.5) is 0 Å². The SMILES string of the molecule is CC1(C)c2ccccc2-c2c1ccc1c2Oc2ccc(-c3ccccc3-c3nc(-c4ccccc4)nc(-c4ccc(-c5cccc6c5oc5ccccc56)cc4)n3)cc2O1. The first-order chi connectivity index (χ1) is 29.5. The van der Waals surface area contributed by atoms with Crippen LogP contribution in [0, 0.1) is 0 Å². The third kappa shape index (κ3) is 5.31. The summed E-state index contributed by atoms with van der Waals surface area (Å²) in [5.74, 6) is 4.54. The van der Waals surface area contributed by atoms with Crippen molar-refractivity contribution in [2.75, 3.05) is 0 Å². The molecule has 0 radical (unpaired) electrons. The molecule has 12 rings (SSSR count). The molecule has 1 aliphatic heterocycles. The number of para-hydroxylation sites is 2. The molecular weight excluding hydrogens is 739 g/mol. The van der Waals surface area contributed by atoms with Gasteiger partial charge in [-0.2, -0.15) is 0 Å². The monoisotopic (exact) mass is 773 g/mol. The summed E-state index contributed by atoms with van der Waals surface area (Å²) in [5, 5.41) is 2.21. The number of hydrogen-bond acceptors (Lipinski definition) is 6. The number of hydrogen-bond donors (Lipinski definition) is 0. The summed E-state index contributed by atoms with van der Waals surface area (Å²) in [6.45, 7) is 4.54. The van der Waals surface area contributed by atoms with Gasteiger partial charge in [-0.1, -0.05) is 166 Å². The number of aromatic nitrogens is 3. The third-order valence-corrected chi connectivity index (χ3v) is 12.0. The van der Waals surface area contributed by atoms with E-state index >= 15 is 0 Å². The molecule has 2 aromatic heterocycles. The minimum Gasteiger partial charge on any atom is -0.455 e. The fraction of sp³-hybridized carbons (Fsp3) is 0.0556. The van der Waals surface area contributed by atoms with Crippen LogP contribution >= 0.6 is 0 Å². The average Bonchev–Trinajstić information content (AvgIpc) is 3.80. The highest BCUT2D eigenvalue weighted by Crippen LogP contribution is 2.58. The van der Waals surface area contributed by atoms with Crippen molar-refractivity contribution in [3.8, 4) is 90.5 Å². The van der Waals surface area contributed by atoms with Gasteiger partial charge >= 0.3 is 0 Å². The van der Waals surface area contributed by atoms with Crippen molar-refractivity contribution < 1.29 is 13.9 Å². The first kappa shape index (κ1) is 34.2. The second-order valence-corrected chi connectivity index (χ2v) is 15.9. The molecule has 0 amide bonds. The predicted molar refractivity (Wildman–Crippen MR) is 238 cm³/mol. The van der Waals surface area contributed by atoms with E-state index in [1.807, 2.05) is 78.9 Å². The van der Waals surface area contributed by atoms with Gasteiger partial charge in [0, 0.05) is 44.0 Å². The van der Waals surface area contributed by atoms with Crippen molar-refractivity contribution in [2.45, 2.75) is 19.3 Å². The standard InChI is InChI=1S/C54H35N3O3/c1-54(2)42-21-10-8-18-41(42)48-43(54)28-30-46-50(48)60-45-29-27-35(31-47(45)58-46)36-15-6-7-17-40(36)53-56-51(33-13-4-3-5-14-33)55-52(57-53)34-25-23-32(24-26-34)37-19-12-20-39-38-16-9-11-22-44(38)59-49(37)39/h3-31H,1-2H3. The van der Waals surface area contributed by atoms with Crippen molar-refractivity contribution in [1.29, 1.82) is 0 Å². The molecule has 6 heteroatoms. The van der Waals surface area contributed by atoms with Crippen molar-refractivity contribution in [1.82, 2.24) is 15.0 Å². The Bertz CT molecular complexity index is 3350. The molecule has 0 N–H and O–H groups in total. The van der Waals surface area contributed by atoms with Gasteiger partial charge < -0.3 is 13.9 Å². The van der Waals surface area contributed by atoms with Crippen molar-refractivity contribution in [2.24, 2.45) is 0 Å². The first-order valence-electron chi connectivity index (χ1n) is 20.2. The Balaban J connectivity index is 0.926. The molecule has 6 nitrogen and oxygen atoms in total. The number of ether oxygens (including phenoxy) is 2. The van der Waals surface area contributed by atoms with Gasteiger partial charge in [-0.3, -0.25) is 0 Å². The van der Waals surface area contributed by atoms with Gasteiger partial charge in [-0.25, -0.2) is 15.0 Å². The molecule has 2 aliphatic rings. The predicted octanol–water partition coefficient (Wildman–Crippen LogP) is 14.3. The van der Waals surface area contributed by atoms with Crippen LogP contribution in [0.5, 0.6) is 23.0 Å². The maximum absolute atomic E-state index is 6.71. The second-order valence-electron chi connectivity index (χ2n) is 15.9. The molecule has 8 aromatic carbocycles. The largest absolute Gasteiger partial charge is 0.455 e. The van der Waals surface area contributed by atoms with Crippen molar-refractivity contribution in [3.63, 3.8) is 0 Å². The third-order valence-electron chi connectivity index (χ3n) is 12.0. The summed E-state index contributed by atoms with van der Waals surface area (Å²) < 4.78 is 19.7. The quantitative estimate of drug-likeness (QED) is 0.173. The fourth-order valence-electron chi connectivity index (χ4n) is 9.04. The number of nitrogens with zero attached hydrogens (tertiary/aromatic N) is 3. The highest BCUT2D eigenvalue weighted by molar-refractivity contribution is 6.09. The average molecular weight is 774 g/mol. The van der Waals surface area contributed by atoms with Crippen LogP contribution in [0.2, 0.25) is 0 Å². The number of fused-ring (bicyclic) bond motifs is 9. The van der Waals surface area contributed by atoms with E-state index in [-0.39, 0.29) is 5.41 Å². The lowest BCUT2D eigenvalue weighted by Gasteiger charge is -2.25. The highest BCUT2D eigenvalue weighted by atomic mass is 16.6. The van der Waals surface area contributed by atoms with Crippen LogP contribution < -0.4 is 9.47 Å². The molecule has 0 saturated heterocycles. The molecule has 0 bridgehead atoms. The smallest absolute Gasteiger partial charge is 0.178 e. The zero-order valence-electron chi connectivity index (χ0n) is 32.8. The van der Waals surface area contributed by atoms with Crippen LogP contribution in [0.1, 0.15) is 25.0 Å². The number of rotatable bonds is 5. The topological polar surface area (TPSA) is 70.3 Å². The Hall–Kier alpha value is -7.83.